The van der Waals surface area contributed by atoms with Crippen LogP contribution in [0.2, 0.25) is 0 Å². The fraction of sp³-hybridized carbons (Fsp3) is 0.579. The Bertz CT molecular complexity index is 640. The van der Waals surface area contributed by atoms with Gasteiger partial charge < -0.3 is 9.88 Å². The van der Waals surface area contributed by atoms with Crippen LogP contribution in [-0.4, -0.2) is 16.5 Å². The summed E-state index contributed by atoms with van der Waals surface area (Å²) in [5.74, 6) is -0.242. The largest absolute Gasteiger partial charge is 0.349 e. The van der Waals surface area contributed by atoms with E-state index in [1.165, 1.54) is 6.42 Å². The van der Waals surface area contributed by atoms with Gasteiger partial charge in [0.15, 0.2) is 0 Å². The first-order chi connectivity index (χ1) is 10.9. The third kappa shape index (κ3) is 4.04. The number of aryl methyl sites for hydroxylation is 1. The van der Waals surface area contributed by atoms with Gasteiger partial charge in [-0.3, -0.25) is 4.79 Å². The number of nitrogens with one attached hydrogen (secondary N) is 1. The first-order valence-electron chi connectivity index (χ1n) is 8.55. The first-order valence-corrected chi connectivity index (χ1v) is 8.55. The van der Waals surface area contributed by atoms with Crippen molar-refractivity contribution in [2.24, 2.45) is 0 Å². The van der Waals surface area contributed by atoms with Gasteiger partial charge in [0.2, 0.25) is 0 Å². The van der Waals surface area contributed by atoms with E-state index >= 15 is 0 Å². The van der Waals surface area contributed by atoms with Crippen molar-refractivity contribution >= 4 is 12.0 Å². The number of carbonyl (C=O) groups excluding carboxylic acids is 1. The van der Waals surface area contributed by atoms with E-state index in [9.17, 15) is 10.1 Å². The van der Waals surface area contributed by atoms with E-state index < -0.39 is 0 Å². The van der Waals surface area contributed by atoms with Crippen LogP contribution in [0.3, 0.4) is 0 Å². The molecule has 124 valence electrons. The zero-order valence-electron chi connectivity index (χ0n) is 14.6. The van der Waals surface area contributed by atoms with Crippen molar-refractivity contribution in [3.8, 4) is 6.07 Å². The van der Waals surface area contributed by atoms with E-state index in [2.05, 4.69) is 36.7 Å². The molecule has 0 atom stereocenters. The normalized spacial score (nSPS) is 16.4. The van der Waals surface area contributed by atoms with Crippen LogP contribution in [0.4, 0.5) is 0 Å². The number of rotatable bonds is 4. The molecule has 1 aromatic heterocycles. The number of aromatic nitrogens is 1. The molecule has 1 aromatic rings. The van der Waals surface area contributed by atoms with Crippen molar-refractivity contribution in [1.29, 1.82) is 5.26 Å². The number of hydrogen-bond donors (Lipinski definition) is 1. The van der Waals surface area contributed by atoms with Crippen molar-refractivity contribution in [1.82, 2.24) is 9.88 Å². The summed E-state index contributed by atoms with van der Waals surface area (Å²) >= 11 is 0. The van der Waals surface area contributed by atoms with E-state index in [1.54, 1.807) is 6.08 Å². The van der Waals surface area contributed by atoms with Crippen molar-refractivity contribution in [3.05, 3.63) is 28.6 Å². The topological polar surface area (TPSA) is 57.8 Å². The highest BCUT2D eigenvalue weighted by molar-refractivity contribution is 6.02. The molecule has 1 N–H and O–H groups in total. The zero-order valence-corrected chi connectivity index (χ0v) is 14.6. The quantitative estimate of drug-likeness (QED) is 0.673. The average Bonchev–Trinajstić information content (AvgIpc) is 2.79. The predicted octanol–water partition coefficient (Wildman–Crippen LogP) is 4.04. The highest BCUT2D eigenvalue weighted by Gasteiger charge is 2.19. The van der Waals surface area contributed by atoms with Crippen LogP contribution < -0.4 is 5.32 Å². The summed E-state index contributed by atoms with van der Waals surface area (Å²) in [6, 6.07) is 4.69. The van der Waals surface area contributed by atoms with Gasteiger partial charge in [-0.25, -0.2) is 0 Å². The van der Waals surface area contributed by atoms with Crippen molar-refractivity contribution in [2.45, 2.75) is 71.9 Å². The fourth-order valence-corrected chi connectivity index (χ4v) is 3.56. The van der Waals surface area contributed by atoms with Gasteiger partial charge in [0, 0.05) is 23.5 Å². The van der Waals surface area contributed by atoms with Crippen LogP contribution in [0.5, 0.6) is 0 Å². The fourth-order valence-electron chi connectivity index (χ4n) is 3.56. The lowest BCUT2D eigenvalue weighted by atomic mass is 9.95. The lowest BCUT2D eigenvalue weighted by Crippen LogP contribution is -2.36. The Balaban J connectivity index is 2.20. The molecule has 4 heteroatoms. The summed E-state index contributed by atoms with van der Waals surface area (Å²) < 4.78 is 2.22. The van der Waals surface area contributed by atoms with E-state index in [4.69, 9.17) is 0 Å². The molecular formula is C19H27N3O. The number of nitriles is 1. The molecule has 1 amide bonds. The van der Waals surface area contributed by atoms with E-state index in [-0.39, 0.29) is 17.5 Å². The highest BCUT2D eigenvalue weighted by Crippen LogP contribution is 2.23. The highest BCUT2D eigenvalue weighted by atomic mass is 16.1. The van der Waals surface area contributed by atoms with E-state index in [0.29, 0.717) is 6.04 Å². The molecule has 1 aliphatic carbocycles. The van der Waals surface area contributed by atoms with Gasteiger partial charge >= 0.3 is 0 Å². The molecule has 1 saturated carbocycles. The minimum Gasteiger partial charge on any atom is -0.349 e. The first kappa shape index (κ1) is 17.3. The number of amides is 1. The second-order valence-electron chi connectivity index (χ2n) is 6.77. The van der Waals surface area contributed by atoms with Crippen molar-refractivity contribution < 1.29 is 4.79 Å². The monoisotopic (exact) mass is 313 g/mol. The molecular weight excluding hydrogens is 286 g/mol. The van der Waals surface area contributed by atoms with E-state index in [1.807, 2.05) is 13.0 Å². The van der Waals surface area contributed by atoms with Crippen LogP contribution in [-0.2, 0) is 4.79 Å². The molecule has 1 heterocycles. The smallest absolute Gasteiger partial charge is 0.262 e. The van der Waals surface area contributed by atoms with Gasteiger partial charge in [0.25, 0.3) is 5.91 Å². The molecule has 23 heavy (non-hydrogen) atoms. The van der Waals surface area contributed by atoms with Crippen LogP contribution in [0.15, 0.2) is 11.6 Å². The summed E-state index contributed by atoms with van der Waals surface area (Å²) in [7, 11) is 0. The number of nitrogens with zero attached hydrogens (tertiary/aromatic N) is 2. The predicted molar refractivity (Wildman–Crippen MR) is 92.9 cm³/mol. The van der Waals surface area contributed by atoms with Gasteiger partial charge in [-0.2, -0.15) is 5.26 Å². The maximum absolute atomic E-state index is 12.4. The SMILES string of the molecule is Cc1cc(/C=C(\C#N)C(=O)NC2CCCCC2)c(C)n1C(C)C. The Hall–Kier alpha value is -2.02. The molecule has 0 unspecified atom stereocenters. The Morgan fingerprint density at radius 3 is 2.52 bits per heavy atom. The minimum atomic E-state index is -0.242. The summed E-state index contributed by atoms with van der Waals surface area (Å²) in [4.78, 5) is 12.4. The molecule has 0 spiro atoms. The summed E-state index contributed by atoms with van der Waals surface area (Å²) in [5.41, 5.74) is 3.38. The second kappa shape index (κ2) is 7.50. The average molecular weight is 313 g/mol. The van der Waals surface area contributed by atoms with Crippen molar-refractivity contribution in [2.75, 3.05) is 0 Å². The Labute approximate surface area is 139 Å². The third-order valence-electron chi connectivity index (χ3n) is 4.65. The minimum absolute atomic E-state index is 0.194. The molecule has 2 rings (SSSR count). The molecule has 0 aromatic carbocycles. The Morgan fingerprint density at radius 1 is 1.35 bits per heavy atom. The third-order valence-corrected chi connectivity index (χ3v) is 4.65. The maximum atomic E-state index is 12.4. The van der Waals surface area contributed by atoms with E-state index in [0.717, 1.165) is 42.6 Å². The summed E-state index contributed by atoms with van der Waals surface area (Å²) in [6.07, 6.45) is 7.32. The Kier molecular flexibility index (Phi) is 5.65. The van der Waals surface area contributed by atoms with Gasteiger partial charge in [0.05, 0.1) is 0 Å². The molecule has 0 bridgehead atoms. The van der Waals surface area contributed by atoms with Gasteiger partial charge in [-0.1, -0.05) is 19.3 Å². The van der Waals surface area contributed by atoms with Crippen molar-refractivity contribution in [3.63, 3.8) is 0 Å². The van der Waals surface area contributed by atoms with Gasteiger partial charge in [-0.15, -0.1) is 0 Å². The molecule has 1 fully saturated rings. The standard InChI is InChI=1S/C19H27N3O/c1-13(2)22-14(3)10-16(15(22)4)11-17(12-20)19(23)21-18-8-6-5-7-9-18/h10-11,13,18H,5-9H2,1-4H3,(H,21,23)/b17-11+. The summed E-state index contributed by atoms with van der Waals surface area (Å²) in [5, 5.41) is 12.4. The lowest BCUT2D eigenvalue weighted by molar-refractivity contribution is -0.117. The Morgan fingerprint density at radius 2 is 2.00 bits per heavy atom. The zero-order chi connectivity index (χ0) is 17.0. The van der Waals surface area contributed by atoms with Gasteiger partial charge in [0.1, 0.15) is 11.6 Å². The van der Waals surface area contributed by atoms with Crippen LogP contribution in [0.1, 0.15) is 68.9 Å². The van der Waals surface area contributed by atoms with Crippen LogP contribution in [0, 0.1) is 25.2 Å². The number of carbonyl (C=O) groups is 1. The maximum Gasteiger partial charge on any atom is 0.262 e. The van der Waals surface area contributed by atoms with Crippen LogP contribution >= 0.6 is 0 Å². The molecule has 0 radical (unpaired) electrons. The van der Waals surface area contributed by atoms with Crippen LogP contribution in [0.25, 0.3) is 6.08 Å². The molecule has 1 aliphatic rings. The second-order valence-corrected chi connectivity index (χ2v) is 6.77. The number of hydrogen-bond acceptors (Lipinski definition) is 2. The molecule has 0 saturated heterocycles. The molecule has 0 aliphatic heterocycles. The lowest BCUT2D eigenvalue weighted by Gasteiger charge is -2.22. The summed E-state index contributed by atoms with van der Waals surface area (Å²) in [6.45, 7) is 8.36. The van der Waals surface area contributed by atoms with Gasteiger partial charge in [-0.05, 0) is 58.2 Å². The molecule has 4 nitrogen and oxygen atoms in total.